The summed E-state index contributed by atoms with van der Waals surface area (Å²) in [5.41, 5.74) is 0. The van der Waals surface area contributed by atoms with E-state index in [1.54, 1.807) is 11.1 Å². The van der Waals surface area contributed by atoms with Crippen LogP contribution in [0, 0.1) is 11.5 Å². The molecule has 0 radical (unpaired) electrons. The fourth-order valence-electron chi connectivity index (χ4n) is 0.542. The fraction of sp³-hybridized carbons (Fsp3) is 0.143. The topological polar surface area (TPSA) is 64.3 Å². The van der Waals surface area contributed by atoms with E-state index in [0.717, 1.165) is 7.85 Å². The molecule has 0 saturated heterocycles. The molecule has 0 spiro atoms. The van der Waals surface area contributed by atoms with Gasteiger partial charge >= 0.3 is 0 Å². The molecule has 0 aromatic rings. The molecule has 1 aliphatic heterocycles. The fourth-order valence-corrected chi connectivity index (χ4v) is 0.542. The monoisotopic (exact) mass is 164 g/mol. The minimum atomic E-state index is -0.833. The summed E-state index contributed by atoms with van der Waals surface area (Å²) < 4.78 is 0. The van der Waals surface area contributed by atoms with Gasteiger partial charge in [0.15, 0.2) is 6.19 Å². The van der Waals surface area contributed by atoms with Gasteiger partial charge in [-0.15, -0.1) is 0 Å². The average molecular weight is 164 g/mol. The SMILES string of the molecule is BC(=O)O.N#CN1C=CC=CC1. The van der Waals surface area contributed by atoms with Crippen molar-refractivity contribution in [3.05, 3.63) is 24.4 Å². The Balaban J connectivity index is 0.000000261. The molecule has 1 aliphatic rings. The minimum absolute atomic E-state index is 0.715. The Morgan fingerprint density at radius 1 is 1.67 bits per heavy atom. The molecule has 1 rings (SSSR count). The molecule has 0 amide bonds. The van der Waals surface area contributed by atoms with Gasteiger partial charge in [-0.05, 0) is 6.08 Å². The maximum atomic E-state index is 9.00. The molecule has 0 aliphatic carbocycles. The molecule has 0 bridgehead atoms. The number of hydrogen-bond donors (Lipinski definition) is 1. The molecule has 5 heteroatoms. The van der Waals surface area contributed by atoms with Gasteiger partial charge in [-0.25, -0.2) is 0 Å². The van der Waals surface area contributed by atoms with Crippen LogP contribution in [0.15, 0.2) is 24.4 Å². The second-order valence-corrected chi connectivity index (χ2v) is 2.04. The van der Waals surface area contributed by atoms with Crippen molar-refractivity contribution in [1.29, 1.82) is 5.26 Å². The molecule has 0 unspecified atom stereocenters. The van der Waals surface area contributed by atoms with E-state index in [9.17, 15) is 0 Å². The van der Waals surface area contributed by atoms with Crippen LogP contribution in [-0.4, -0.2) is 30.3 Å². The van der Waals surface area contributed by atoms with E-state index in [-0.39, 0.29) is 0 Å². The van der Waals surface area contributed by atoms with Crippen LogP contribution >= 0.6 is 0 Å². The van der Waals surface area contributed by atoms with Crippen LogP contribution in [0.4, 0.5) is 4.79 Å². The summed E-state index contributed by atoms with van der Waals surface area (Å²) in [6, 6.07) is 0. The van der Waals surface area contributed by atoms with Gasteiger partial charge in [0.05, 0.1) is 6.54 Å². The number of nitrogens with zero attached hydrogens (tertiary/aromatic N) is 2. The highest BCUT2D eigenvalue weighted by atomic mass is 16.4. The zero-order valence-corrected chi connectivity index (χ0v) is 6.77. The summed E-state index contributed by atoms with van der Waals surface area (Å²) in [6.45, 7) is 0.715. The van der Waals surface area contributed by atoms with Crippen LogP contribution in [0.25, 0.3) is 0 Å². The molecule has 0 aromatic carbocycles. The van der Waals surface area contributed by atoms with Crippen LogP contribution in [0.2, 0.25) is 0 Å². The summed E-state index contributed by atoms with van der Waals surface area (Å²) in [4.78, 5) is 10.6. The Hall–Kier alpha value is -1.70. The molecule has 0 atom stereocenters. The largest absolute Gasteiger partial charge is 0.490 e. The van der Waals surface area contributed by atoms with Crippen LogP contribution in [0.3, 0.4) is 0 Å². The molecule has 1 N–H and O–H groups in total. The maximum absolute atomic E-state index is 9.00. The van der Waals surface area contributed by atoms with Gasteiger partial charge in [-0.1, -0.05) is 12.2 Å². The van der Waals surface area contributed by atoms with Gasteiger partial charge in [0.25, 0.3) is 0 Å². The zero-order valence-electron chi connectivity index (χ0n) is 6.77. The van der Waals surface area contributed by atoms with Crippen molar-refractivity contribution in [2.24, 2.45) is 0 Å². The Morgan fingerprint density at radius 3 is 2.50 bits per heavy atom. The molecule has 0 aromatic heterocycles. The number of carbonyl (C=O) groups is 1. The third kappa shape index (κ3) is 6.43. The third-order valence-corrected chi connectivity index (χ3v) is 0.944. The lowest BCUT2D eigenvalue weighted by molar-refractivity contribution is 0.220. The van der Waals surface area contributed by atoms with Crippen LogP contribution < -0.4 is 0 Å². The van der Waals surface area contributed by atoms with Crippen LogP contribution in [0.5, 0.6) is 0 Å². The second kappa shape index (κ2) is 6.04. The van der Waals surface area contributed by atoms with E-state index in [1.165, 1.54) is 0 Å². The van der Waals surface area contributed by atoms with Crippen LogP contribution in [0.1, 0.15) is 0 Å². The first-order chi connectivity index (χ1) is 5.66. The predicted octanol–water partition coefficient (Wildman–Crippen LogP) is 0.150. The van der Waals surface area contributed by atoms with E-state index in [2.05, 4.69) is 0 Å². The lowest BCUT2D eigenvalue weighted by atomic mass is 10.2. The maximum Gasteiger partial charge on any atom is 0.242 e. The van der Waals surface area contributed by atoms with Crippen molar-refractivity contribution in [2.75, 3.05) is 6.54 Å². The van der Waals surface area contributed by atoms with Crippen LogP contribution in [-0.2, 0) is 0 Å². The minimum Gasteiger partial charge on any atom is -0.490 e. The summed E-state index contributed by atoms with van der Waals surface area (Å²) in [6.07, 6.45) is 9.45. The van der Waals surface area contributed by atoms with Gasteiger partial charge < -0.3 is 5.11 Å². The van der Waals surface area contributed by atoms with E-state index in [4.69, 9.17) is 15.2 Å². The normalized spacial score (nSPS) is 12.8. The van der Waals surface area contributed by atoms with E-state index in [1.807, 2.05) is 24.4 Å². The highest BCUT2D eigenvalue weighted by Crippen LogP contribution is 1.93. The van der Waals surface area contributed by atoms with Crippen molar-refractivity contribution < 1.29 is 9.90 Å². The molecular weight excluding hydrogens is 155 g/mol. The Labute approximate surface area is 71.8 Å². The number of nitriles is 1. The van der Waals surface area contributed by atoms with Crippen molar-refractivity contribution in [3.8, 4) is 6.19 Å². The van der Waals surface area contributed by atoms with Gasteiger partial charge in [-0.2, -0.15) is 5.26 Å². The smallest absolute Gasteiger partial charge is 0.242 e. The van der Waals surface area contributed by atoms with E-state index < -0.39 is 5.87 Å². The lowest BCUT2D eigenvalue weighted by Crippen LogP contribution is -2.10. The molecule has 62 valence electrons. The number of hydrogen-bond acceptors (Lipinski definition) is 3. The summed E-state index contributed by atoms with van der Waals surface area (Å²) in [7, 11) is 1.08. The zero-order chi connectivity index (χ0) is 9.40. The Bertz CT molecular complexity index is 238. The molecule has 1 heterocycles. The van der Waals surface area contributed by atoms with Crippen molar-refractivity contribution in [1.82, 2.24) is 4.90 Å². The Morgan fingerprint density at radius 2 is 2.25 bits per heavy atom. The van der Waals surface area contributed by atoms with Gasteiger partial charge in [0.1, 0.15) is 0 Å². The van der Waals surface area contributed by atoms with Gasteiger partial charge in [-0.3, -0.25) is 9.69 Å². The summed E-state index contributed by atoms with van der Waals surface area (Å²) >= 11 is 0. The lowest BCUT2D eigenvalue weighted by Gasteiger charge is -2.07. The predicted molar refractivity (Wildman–Crippen MR) is 47.2 cm³/mol. The molecular formula is C7H9BN2O2. The first-order valence-electron chi connectivity index (χ1n) is 3.36. The molecule has 4 nitrogen and oxygen atoms in total. The first kappa shape index (κ1) is 10.3. The summed E-state index contributed by atoms with van der Waals surface area (Å²) in [5.74, 6) is -0.833. The first-order valence-corrected chi connectivity index (χ1v) is 3.36. The standard InChI is InChI=1S/C6H6N2.CH3BO2/c7-6-8-4-2-1-3-5-8;2-1(3)4/h1-4H,5H2;2H2,(H,3,4). The molecule has 0 saturated carbocycles. The summed E-state index contributed by atoms with van der Waals surface area (Å²) in [5, 5.41) is 15.7. The van der Waals surface area contributed by atoms with Crippen molar-refractivity contribution in [3.63, 3.8) is 0 Å². The van der Waals surface area contributed by atoms with E-state index >= 15 is 0 Å². The quantitative estimate of drug-likeness (QED) is 0.408. The number of rotatable bonds is 0. The second-order valence-electron chi connectivity index (χ2n) is 2.04. The highest BCUT2D eigenvalue weighted by Gasteiger charge is 1.92. The van der Waals surface area contributed by atoms with Gasteiger partial charge in [0.2, 0.25) is 13.7 Å². The third-order valence-electron chi connectivity index (χ3n) is 0.944. The number of allylic oxidation sites excluding steroid dienone is 2. The highest BCUT2D eigenvalue weighted by molar-refractivity contribution is 6.54. The van der Waals surface area contributed by atoms with Crippen molar-refractivity contribution in [2.45, 2.75) is 0 Å². The Kier molecular flexibility index (Phi) is 5.19. The molecule has 0 fully saturated rings. The van der Waals surface area contributed by atoms with Crippen molar-refractivity contribution >= 4 is 13.7 Å². The van der Waals surface area contributed by atoms with E-state index in [0.29, 0.717) is 6.54 Å². The number of carboxylic acid groups (broad SMARTS) is 1. The molecule has 12 heavy (non-hydrogen) atoms. The average Bonchev–Trinajstić information content (AvgIpc) is 2.05. The van der Waals surface area contributed by atoms with Gasteiger partial charge in [0, 0.05) is 6.20 Å².